The lowest BCUT2D eigenvalue weighted by atomic mass is 10.2. The number of carbonyl (C=O) groups is 2. The molecular formula is C31H43N3O2. The van der Waals surface area contributed by atoms with Gasteiger partial charge in [-0.2, -0.15) is 0 Å². The van der Waals surface area contributed by atoms with Gasteiger partial charge in [-0.05, 0) is 57.1 Å². The second kappa shape index (κ2) is 22.0. The van der Waals surface area contributed by atoms with Crippen LogP contribution in [0.15, 0.2) is 97.4 Å². The van der Waals surface area contributed by atoms with Gasteiger partial charge in [0.25, 0.3) is 5.91 Å². The van der Waals surface area contributed by atoms with Gasteiger partial charge < -0.3 is 10.2 Å². The first kappa shape index (κ1) is 30.6. The zero-order chi connectivity index (χ0) is 26.1. The van der Waals surface area contributed by atoms with Gasteiger partial charge in [0.1, 0.15) is 0 Å². The van der Waals surface area contributed by atoms with E-state index < -0.39 is 0 Å². The number of hydrogen-bond acceptors (Lipinski definition) is 3. The summed E-state index contributed by atoms with van der Waals surface area (Å²) in [5, 5.41) is 2.81. The Morgan fingerprint density at radius 3 is 1.86 bits per heavy atom. The number of amides is 2. The predicted octanol–water partition coefficient (Wildman–Crippen LogP) is 6.75. The molecular weight excluding hydrogens is 446 g/mol. The average Bonchev–Trinajstić information content (AvgIpc) is 2.90. The monoisotopic (exact) mass is 489 g/mol. The van der Waals surface area contributed by atoms with Crippen molar-refractivity contribution in [2.75, 3.05) is 20.1 Å². The average molecular weight is 490 g/mol. The van der Waals surface area contributed by atoms with Crippen LogP contribution in [0, 0.1) is 0 Å². The van der Waals surface area contributed by atoms with E-state index in [4.69, 9.17) is 0 Å². The molecule has 1 N–H and O–H groups in total. The number of allylic oxidation sites excluding steroid dienone is 12. The molecule has 0 saturated heterocycles. The molecule has 0 atom stereocenters. The van der Waals surface area contributed by atoms with E-state index >= 15 is 0 Å². The third-order valence-electron chi connectivity index (χ3n) is 5.20. The quantitative estimate of drug-likeness (QED) is 0.232. The Labute approximate surface area is 218 Å². The lowest BCUT2D eigenvalue weighted by Gasteiger charge is -2.17. The highest BCUT2D eigenvalue weighted by Gasteiger charge is 2.09. The van der Waals surface area contributed by atoms with E-state index in [9.17, 15) is 9.59 Å². The zero-order valence-electron chi connectivity index (χ0n) is 22.0. The number of carbonyl (C=O) groups excluding carboxylic acids is 2. The highest BCUT2D eigenvalue weighted by atomic mass is 16.2. The van der Waals surface area contributed by atoms with Crippen LogP contribution in [0.3, 0.4) is 0 Å². The van der Waals surface area contributed by atoms with Gasteiger partial charge in [0.05, 0.1) is 5.56 Å². The van der Waals surface area contributed by atoms with Crippen LogP contribution in [0.4, 0.5) is 0 Å². The Hall–Kier alpha value is -3.47. The zero-order valence-corrected chi connectivity index (χ0v) is 22.0. The highest BCUT2D eigenvalue weighted by Crippen LogP contribution is 2.00. The van der Waals surface area contributed by atoms with Crippen molar-refractivity contribution in [2.24, 2.45) is 0 Å². The van der Waals surface area contributed by atoms with Crippen molar-refractivity contribution in [3.05, 3.63) is 103 Å². The number of likely N-dealkylation sites (N-methyl/N-ethyl adjacent to an activating group) is 1. The summed E-state index contributed by atoms with van der Waals surface area (Å²) in [7, 11) is 1.76. The molecule has 1 aromatic heterocycles. The molecule has 1 heterocycles. The molecule has 2 amide bonds. The molecule has 0 aliphatic heterocycles. The van der Waals surface area contributed by atoms with Crippen LogP contribution in [0.5, 0.6) is 0 Å². The molecule has 0 fully saturated rings. The molecule has 5 nitrogen and oxygen atoms in total. The predicted molar refractivity (Wildman–Crippen MR) is 152 cm³/mol. The smallest absolute Gasteiger partial charge is 0.252 e. The minimum Gasteiger partial charge on any atom is -0.350 e. The summed E-state index contributed by atoms with van der Waals surface area (Å²) in [4.78, 5) is 29.8. The fourth-order valence-electron chi connectivity index (χ4n) is 3.10. The van der Waals surface area contributed by atoms with E-state index in [1.807, 2.05) is 0 Å². The highest BCUT2D eigenvalue weighted by molar-refractivity contribution is 5.93. The number of pyridine rings is 1. The summed E-state index contributed by atoms with van der Waals surface area (Å²) in [6.45, 7) is 3.04. The number of hydrogen-bond donors (Lipinski definition) is 1. The minimum atomic E-state index is -0.179. The summed E-state index contributed by atoms with van der Waals surface area (Å²) < 4.78 is 0. The number of nitrogens with one attached hydrogen (secondary N) is 1. The first-order valence-electron chi connectivity index (χ1n) is 13.0. The molecule has 0 spiro atoms. The normalized spacial score (nSPS) is 12.3. The molecule has 5 heteroatoms. The summed E-state index contributed by atoms with van der Waals surface area (Å²) in [6.07, 6.45) is 36.3. The molecule has 0 aliphatic rings. The van der Waals surface area contributed by atoms with Crippen molar-refractivity contribution in [3.63, 3.8) is 0 Å². The Bertz CT molecular complexity index is 896. The van der Waals surface area contributed by atoms with Gasteiger partial charge >= 0.3 is 0 Å². The molecule has 0 saturated carbocycles. The molecule has 0 bridgehead atoms. The first-order valence-corrected chi connectivity index (χ1v) is 13.0. The van der Waals surface area contributed by atoms with Crippen molar-refractivity contribution in [3.8, 4) is 0 Å². The van der Waals surface area contributed by atoms with Crippen LogP contribution < -0.4 is 5.32 Å². The van der Waals surface area contributed by atoms with E-state index in [0.29, 0.717) is 25.1 Å². The van der Waals surface area contributed by atoms with Crippen molar-refractivity contribution in [2.45, 2.75) is 58.3 Å². The van der Waals surface area contributed by atoms with E-state index in [-0.39, 0.29) is 11.8 Å². The van der Waals surface area contributed by atoms with Gasteiger partial charge in [-0.15, -0.1) is 0 Å². The summed E-state index contributed by atoms with van der Waals surface area (Å²) >= 11 is 0. The second-order valence-corrected chi connectivity index (χ2v) is 8.27. The third kappa shape index (κ3) is 17.0. The molecule has 0 unspecified atom stereocenters. The van der Waals surface area contributed by atoms with Gasteiger partial charge in [0, 0.05) is 39.0 Å². The number of nitrogens with zero attached hydrogens (tertiary/aromatic N) is 2. The first-order chi connectivity index (χ1) is 17.6. The van der Waals surface area contributed by atoms with E-state index in [2.05, 4.69) is 90.1 Å². The van der Waals surface area contributed by atoms with Crippen LogP contribution in [0.2, 0.25) is 0 Å². The van der Waals surface area contributed by atoms with Crippen LogP contribution in [0.25, 0.3) is 0 Å². The van der Waals surface area contributed by atoms with Crippen molar-refractivity contribution < 1.29 is 9.59 Å². The molecule has 0 aromatic carbocycles. The molecule has 1 aromatic rings. The van der Waals surface area contributed by atoms with Gasteiger partial charge in [-0.1, -0.05) is 79.8 Å². The van der Waals surface area contributed by atoms with Crippen LogP contribution >= 0.6 is 0 Å². The molecule has 36 heavy (non-hydrogen) atoms. The third-order valence-corrected chi connectivity index (χ3v) is 5.20. The molecule has 0 radical (unpaired) electrons. The van der Waals surface area contributed by atoms with E-state index in [1.165, 1.54) is 6.20 Å². The fourth-order valence-corrected chi connectivity index (χ4v) is 3.10. The largest absolute Gasteiger partial charge is 0.350 e. The van der Waals surface area contributed by atoms with Crippen molar-refractivity contribution in [1.82, 2.24) is 15.2 Å². The minimum absolute atomic E-state index is 0.0742. The molecule has 1 rings (SSSR count). The standard InChI is InChI=1S/C31H43N3O2/c1-3-4-5-6-7-8-9-10-11-12-13-14-15-16-17-18-19-20-21-24-30(35)34(2)27-26-33-31(36)29-23-22-25-32-28-29/h4-5,7-8,10-11,13-14,16-17,19-20,22-23,25,28H,3,6,9,12,15,18,21,24,26-27H2,1-2H3,(H,33,36)/b5-4-,8-7-,11-10-,14-13-,17-16-,20-19-. The molecule has 0 aliphatic carbocycles. The number of aromatic nitrogens is 1. The fraction of sp³-hybridized carbons (Fsp3) is 0.387. The lowest BCUT2D eigenvalue weighted by Crippen LogP contribution is -2.36. The summed E-state index contributed by atoms with van der Waals surface area (Å²) in [5.74, 6) is -0.105. The van der Waals surface area contributed by atoms with Gasteiger partial charge in [-0.25, -0.2) is 0 Å². The van der Waals surface area contributed by atoms with Crippen molar-refractivity contribution >= 4 is 11.8 Å². The van der Waals surface area contributed by atoms with E-state index in [1.54, 1.807) is 30.3 Å². The Kier molecular flexibility index (Phi) is 18.7. The summed E-state index contributed by atoms with van der Waals surface area (Å²) in [5.41, 5.74) is 0.518. The summed E-state index contributed by atoms with van der Waals surface area (Å²) in [6, 6.07) is 3.43. The Morgan fingerprint density at radius 2 is 1.36 bits per heavy atom. The maximum atomic E-state index is 12.2. The van der Waals surface area contributed by atoms with Crippen molar-refractivity contribution in [1.29, 1.82) is 0 Å². The second-order valence-electron chi connectivity index (χ2n) is 8.27. The maximum Gasteiger partial charge on any atom is 0.252 e. The maximum absolute atomic E-state index is 12.2. The van der Waals surface area contributed by atoms with Crippen LogP contribution in [-0.4, -0.2) is 41.8 Å². The van der Waals surface area contributed by atoms with Crippen LogP contribution in [-0.2, 0) is 4.79 Å². The van der Waals surface area contributed by atoms with Gasteiger partial charge in [0.15, 0.2) is 0 Å². The SMILES string of the molecule is CC/C=C\C/C=C\C/C=C\C/C=C\C/C=C\C/C=C\CCC(=O)N(C)CCNC(=O)c1cccnc1. The number of rotatable bonds is 18. The van der Waals surface area contributed by atoms with Crippen LogP contribution in [0.1, 0.15) is 68.6 Å². The van der Waals surface area contributed by atoms with Gasteiger partial charge in [-0.3, -0.25) is 14.6 Å². The Morgan fingerprint density at radius 1 is 0.833 bits per heavy atom. The topological polar surface area (TPSA) is 62.3 Å². The lowest BCUT2D eigenvalue weighted by molar-refractivity contribution is -0.129. The Balaban J connectivity index is 2.03. The molecule has 194 valence electrons. The van der Waals surface area contributed by atoms with Gasteiger partial charge in [0.2, 0.25) is 5.91 Å². The van der Waals surface area contributed by atoms with E-state index in [0.717, 1.165) is 44.9 Å².